The Kier molecular flexibility index (Phi) is 4.52. The fourth-order valence-corrected chi connectivity index (χ4v) is 2.04. The van der Waals surface area contributed by atoms with Crippen LogP contribution in [-0.2, 0) is 9.53 Å². The van der Waals surface area contributed by atoms with Crippen molar-refractivity contribution in [1.29, 1.82) is 0 Å². The Morgan fingerprint density at radius 3 is 3.17 bits per heavy atom. The van der Waals surface area contributed by atoms with Crippen molar-refractivity contribution in [3.05, 3.63) is 18.3 Å². The lowest BCUT2D eigenvalue weighted by Gasteiger charge is -2.22. The maximum atomic E-state index is 11.7. The summed E-state index contributed by atoms with van der Waals surface area (Å²) in [6.45, 7) is 0.819. The predicted octanol–water partition coefficient (Wildman–Crippen LogP) is 1.95. The smallest absolute Gasteiger partial charge is 0.225 e. The number of hydrogen-bond acceptors (Lipinski definition) is 4. The summed E-state index contributed by atoms with van der Waals surface area (Å²) in [7, 11) is 0. The van der Waals surface area contributed by atoms with Gasteiger partial charge in [0.2, 0.25) is 5.91 Å². The summed E-state index contributed by atoms with van der Waals surface area (Å²) in [4.78, 5) is 15.8. The Morgan fingerprint density at radius 2 is 2.44 bits per heavy atom. The molecule has 0 spiro atoms. The van der Waals surface area contributed by atoms with Crippen molar-refractivity contribution in [3.8, 4) is 0 Å². The van der Waals surface area contributed by atoms with Crippen molar-refractivity contribution in [2.75, 3.05) is 17.7 Å². The second-order valence-corrected chi connectivity index (χ2v) is 4.52. The third kappa shape index (κ3) is 3.70. The van der Waals surface area contributed by atoms with Gasteiger partial charge in [-0.2, -0.15) is 0 Å². The van der Waals surface area contributed by atoms with E-state index in [9.17, 15) is 4.79 Å². The molecule has 5 nitrogen and oxygen atoms in total. The molecule has 1 aliphatic rings. The molecular formula is C13H19N3O2. The average Bonchev–Trinajstić information content (AvgIpc) is 2.40. The maximum Gasteiger partial charge on any atom is 0.225 e. The number of ether oxygens (including phenoxy) is 1. The molecule has 1 aromatic heterocycles. The Bertz CT molecular complexity index is 403. The highest BCUT2D eigenvalue weighted by molar-refractivity contribution is 5.92. The number of rotatable bonds is 4. The topological polar surface area (TPSA) is 77.2 Å². The van der Waals surface area contributed by atoms with E-state index in [1.165, 1.54) is 6.42 Å². The molecule has 5 heteroatoms. The number of nitrogens with one attached hydrogen (secondary N) is 1. The lowest BCUT2D eigenvalue weighted by atomic mass is 10.0. The zero-order valence-corrected chi connectivity index (χ0v) is 10.4. The van der Waals surface area contributed by atoms with Gasteiger partial charge < -0.3 is 15.8 Å². The first kappa shape index (κ1) is 12.8. The predicted molar refractivity (Wildman–Crippen MR) is 70.1 cm³/mol. The number of hydrogen-bond donors (Lipinski definition) is 2. The molecule has 0 saturated carbocycles. The summed E-state index contributed by atoms with van der Waals surface area (Å²) in [5, 5.41) is 2.72. The quantitative estimate of drug-likeness (QED) is 0.855. The molecule has 1 aliphatic heterocycles. The molecule has 98 valence electrons. The van der Waals surface area contributed by atoms with Gasteiger partial charge in [-0.3, -0.25) is 4.79 Å². The normalized spacial score (nSPS) is 19.4. The van der Waals surface area contributed by atoms with Crippen LogP contribution in [0.5, 0.6) is 0 Å². The van der Waals surface area contributed by atoms with Crippen LogP contribution in [0, 0.1) is 0 Å². The minimum absolute atomic E-state index is 0.0606. The number of anilines is 2. The molecule has 1 aromatic rings. The van der Waals surface area contributed by atoms with E-state index in [0.29, 0.717) is 17.9 Å². The molecule has 0 aliphatic carbocycles. The number of pyridine rings is 1. The minimum atomic E-state index is -0.0606. The van der Waals surface area contributed by atoms with Crippen LogP contribution in [0.15, 0.2) is 18.3 Å². The summed E-state index contributed by atoms with van der Waals surface area (Å²) in [6.07, 6.45) is 6.42. The Labute approximate surface area is 107 Å². The molecule has 0 aromatic carbocycles. The molecule has 1 unspecified atom stereocenters. The number of amides is 1. The van der Waals surface area contributed by atoms with E-state index in [1.807, 2.05) is 0 Å². The third-order valence-electron chi connectivity index (χ3n) is 3.06. The SMILES string of the molecule is Nc1cccnc1NC(=O)CCC1CCCCO1. The number of aromatic nitrogens is 1. The van der Waals surface area contributed by atoms with Crippen molar-refractivity contribution >= 4 is 17.4 Å². The number of nitrogens with zero attached hydrogens (tertiary/aromatic N) is 1. The van der Waals surface area contributed by atoms with Crippen LogP contribution in [0.1, 0.15) is 32.1 Å². The minimum Gasteiger partial charge on any atom is -0.396 e. The molecule has 1 fully saturated rings. The molecule has 1 amide bonds. The van der Waals surface area contributed by atoms with Gasteiger partial charge in [-0.25, -0.2) is 4.98 Å². The first-order valence-electron chi connectivity index (χ1n) is 6.37. The molecule has 3 N–H and O–H groups in total. The van der Waals surface area contributed by atoms with Crippen molar-refractivity contribution < 1.29 is 9.53 Å². The average molecular weight is 249 g/mol. The van der Waals surface area contributed by atoms with Gasteiger partial charge in [0.05, 0.1) is 11.8 Å². The fraction of sp³-hybridized carbons (Fsp3) is 0.538. The molecule has 0 bridgehead atoms. The monoisotopic (exact) mass is 249 g/mol. The summed E-state index contributed by atoms with van der Waals surface area (Å²) >= 11 is 0. The first-order valence-corrected chi connectivity index (χ1v) is 6.37. The standard InChI is InChI=1S/C13H19N3O2/c14-11-5-3-8-15-13(11)16-12(17)7-6-10-4-1-2-9-18-10/h3,5,8,10H,1-2,4,6-7,9,14H2,(H,15,16,17). The number of nitrogens with two attached hydrogens (primary N) is 1. The summed E-state index contributed by atoms with van der Waals surface area (Å²) < 4.78 is 5.58. The van der Waals surface area contributed by atoms with Crippen LogP contribution < -0.4 is 11.1 Å². The first-order chi connectivity index (χ1) is 8.75. The highest BCUT2D eigenvalue weighted by atomic mass is 16.5. The van der Waals surface area contributed by atoms with Gasteiger partial charge in [0.1, 0.15) is 0 Å². The van der Waals surface area contributed by atoms with E-state index in [4.69, 9.17) is 10.5 Å². The summed E-state index contributed by atoms with van der Waals surface area (Å²) in [5.41, 5.74) is 6.19. The van der Waals surface area contributed by atoms with E-state index in [2.05, 4.69) is 10.3 Å². The summed E-state index contributed by atoms with van der Waals surface area (Å²) in [6, 6.07) is 3.45. The lowest BCUT2D eigenvalue weighted by molar-refractivity contribution is -0.117. The molecule has 2 heterocycles. The van der Waals surface area contributed by atoms with Crippen LogP contribution in [-0.4, -0.2) is 23.6 Å². The van der Waals surface area contributed by atoms with Crippen molar-refractivity contribution in [3.63, 3.8) is 0 Å². The van der Waals surface area contributed by atoms with Crippen LogP contribution in [0.3, 0.4) is 0 Å². The lowest BCUT2D eigenvalue weighted by Crippen LogP contribution is -2.22. The van der Waals surface area contributed by atoms with E-state index in [-0.39, 0.29) is 12.0 Å². The molecule has 18 heavy (non-hydrogen) atoms. The van der Waals surface area contributed by atoms with Gasteiger partial charge in [-0.05, 0) is 37.8 Å². The molecule has 1 atom stereocenters. The molecule has 1 saturated heterocycles. The van der Waals surface area contributed by atoms with Gasteiger partial charge in [-0.1, -0.05) is 0 Å². The largest absolute Gasteiger partial charge is 0.396 e. The van der Waals surface area contributed by atoms with Crippen molar-refractivity contribution in [2.45, 2.75) is 38.2 Å². The zero-order valence-electron chi connectivity index (χ0n) is 10.4. The number of carbonyl (C=O) groups excluding carboxylic acids is 1. The van der Waals surface area contributed by atoms with Gasteiger partial charge in [0.25, 0.3) is 0 Å². The number of nitrogen functional groups attached to an aromatic ring is 1. The van der Waals surface area contributed by atoms with E-state index < -0.39 is 0 Å². The van der Waals surface area contributed by atoms with Gasteiger partial charge in [-0.15, -0.1) is 0 Å². The zero-order chi connectivity index (χ0) is 12.8. The van der Waals surface area contributed by atoms with E-state index in [1.54, 1.807) is 18.3 Å². The van der Waals surface area contributed by atoms with E-state index in [0.717, 1.165) is 25.9 Å². The fourth-order valence-electron chi connectivity index (χ4n) is 2.04. The Morgan fingerprint density at radius 1 is 1.56 bits per heavy atom. The molecule has 2 rings (SSSR count). The van der Waals surface area contributed by atoms with Crippen LogP contribution in [0.25, 0.3) is 0 Å². The third-order valence-corrected chi connectivity index (χ3v) is 3.06. The van der Waals surface area contributed by atoms with Crippen LogP contribution >= 0.6 is 0 Å². The van der Waals surface area contributed by atoms with Gasteiger partial charge >= 0.3 is 0 Å². The van der Waals surface area contributed by atoms with Crippen LogP contribution in [0.4, 0.5) is 11.5 Å². The second kappa shape index (κ2) is 6.35. The summed E-state index contributed by atoms with van der Waals surface area (Å²) in [5.74, 6) is 0.377. The maximum absolute atomic E-state index is 11.7. The van der Waals surface area contributed by atoms with Crippen LogP contribution in [0.2, 0.25) is 0 Å². The highest BCUT2D eigenvalue weighted by Crippen LogP contribution is 2.18. The second-order valence-electron chi connectivity index (χ2n) is 4.52. The Balaban J connectivity index is 1.76. The van der Waals surface area contributed by atoms with E-state index >= 15 is 0 Å². The van der Waals surface area contributed by atoms with Gasteiger partial charge in [0.15, 0.2) is 5.82 Å². The van der Waals surface area contributed by atoms with Crippen molar-refractivity contribution in [1.82, 2.24) is 4.98 Å². The highest BCUT2D eigenvalue weighted by Gasteiger charge is 2.15. The number of carbonyl (C=O) groups is 1. The molecular weight excluding hydrogens is 230 g/mol. The Hall–Kier alpha value is -1.62. The van der Waals surface area contributed by atoms with Gasteiger partial charge in [0, 0.05) is 19.2 Å². The van der Waals surface area contributed by atoms with Crippen molar-refractivity contribution in [2.24, 2.45) is 0 Å². The molecule has 0 radical (unpaired) electrons.